The van der Waals surface area contributed by atoms with Crippen molar-refractivity contribution in [1.29, 1.82) is 0 Å². The molecule has 148 valence electrons. The SMILES string of the molecule is C#CCN(Cc1ccc(CN[C@@H]2C[C@H]2c2ccc(F)c(F)c2)o1)C1CCNC1. The van der Waals surface area contributed by atoms with Crippen LogP contribution in [0.1, 0.15) is 35.8 Å². The van der Waals surface area contributed by atoms with Crippen LogP contribution < -0.4 is 10.6 Å². The molecular formula is C22H25F2N3O. The van der Waals surface area contributed by atoms with Crippen molar-refractivity contribution in [3.05, 3.63) is 59.1 Å². The first kappa shape index (κ1) is 19.1. The van der Waals surface area contributed by atoms with Crippen molar-refractivity contribution in [3.63, 3.8) is 0 Å². The summed E-state index contributed by atoms with van der Waals surface area (Å²) in [5.41, 5.74) is 0.839. The normalized spacial score (nSPS) is 23.9. The molecule has 6 heteroatoms. The van der Waals surface area contributed by atoms with Crippen LogP contribution in [0.5, 0.6) is 0 Å². The van der Waals surface area contributed by atoms with E-state index in [1.54, 1.807) is 6.07 Å². The van der Waals surface area contributed by atoms with Crippen molar-refractivity contribution < 1.29 is 13.2 Å². The molecule has 1 saturated heterocycles. The number of hydrogen-bond acceptors (Lipinski definition) is 4. The molecule has 1 aliphatic heterocycles. The molecule has 0 radical (unpaired) electrons. The van der Waals surface area contributed by atoms with Crippen LogP contribution in [0.25, 0.3) is 0 Å². The quantitative estimate of drug-likeness (QED) is 0.686. The molecule has 1 unspecified atom stereocenters. The predicted molar refractivity (Wildman–Crippen MR) is 104 cm³/mol. The van der Waals surface area contributed by atoms with Crippen LogP contribution in [0.4, 0.5) is 8.78 Å². The highest BCUT2D eigenvalue weighted by molar-refractivity contribution is 5.29. The van der Waals surface area contributed by atoms with Gasteiger partial charge in [-0.1, -0.05) is 12.0 Å². The minimum Gasteiger partial charge on any atom is -0.463 e. The van der Waals surface area contributed by atoms with Crippen LogP contribution in [-0.4, -0.2) is 36.6 Å². The topological polar surface area (TPSA) is 40.4 Å². The van der Waals surface area contributed by atoms with Crippen molar-refractivity contribution in [2.75, 3.05) is 19.6 Å². The van der Waals surface area contributed by atoms with E-state index in [1.165, 1.54) is 12.1 Å². The Morgan fingerprint density at radius 3 is 2.82 bits per heavy atom. The number of nitrogens with one attached hydrogen (secondary N) is 2. The van der Waals surface area contributed by atoms with Gasteiger partial charge in [-0.05, 0) is 49.2 Å². The van der Waals surface area contributed by atoms with Crippen LogP contribution in [-0.2, 0) is 13.1 Å². The minimum absolute atomic E-state index is 0.227. The summed E-state index contributed by atoms with van der Waals surface area (Å²) in [6.07, 6.45) is 7.55. The fraction of sp³-hybridized carbons (Fsp3) is 0.455. The van der Waals surface area contributed by atoms with Gasteiger partial charge in [0.25, 0.3) is 0 Å². The second-order valence-electron chi connectivity index (χ2n) is 7.63. The summed E-state index contributed by atoms with van der Waals surface area (Å²) in [6.45, 7) is 3.92. The van der Waals surface area contributed by atoms with Gasteiger partial charge in [-0.15, -0.1) is 6.42 Å². The number of rotatable bonds is 8. The van der Waals surface area contributed by atoms with Gasteiger partial charge in [0.15, 0.2) is 11.6 Å². The van der Waals surface area contributed by atoms with E-state index in [0.717, 1.165) is 43.0 Å². The van der Waals surface area contributed by atoms with Crippen LogP contribution in [0.15, 0.2) is 34.7 Å². The predicted octanol–water partition coefficient (Wildman–Crippen LogP) is 3.00. The number of hydrogen-bond donors (Lipinski definition) is 2. The van der Waals surface area contributed by atoms with Crippen molar-refractivity contribution >= 4 is 0 Å². The van der Waals surface area contributed by atoms with E-state index in [4.69, 9.17) is 10.8 Å². The van der Waals surface area contributed by atoms with Gasteiger partial charge in [0, 0.05) is 24.5 Å². The molecule has 2 fully saturated rings. The zero-order valence-corrected chi connectivity index (χ0v) is 15.8. The van der Waals surface area contributed by atoms with E-state index in [-0.39, 0.29) is 12.0 Å². The van der Waals surface area contributed by atoms with Crippen LogP contribution in [0.3, 0.4) is 0 Å². The largest absolute Gasteiger partial charge is 0.463 e. The molecule has 0 spiro atoms. The molecular weight excluding hydrogens is 360 g/mol. The average Bonchev–Trinajstić information content (AvgIpc) is 3.07. The fourth-order valence-electron chi connectivity index (χ4n) is 3.95. The summed E-state index contributed by atoms with van der Waals surface area (Å²) >= 11 is 0. The second kappa shape index (κ2) is 8.44. The lowest BCUT2D eigenvalue weighted by Gasteiger charge is -2.25. The lowest BCUT2D eigenvalue weighted by Crippen LogP contribution is -2.36. The molecule has 4 nitrogen and oxygen atoms in total. The fourth-order valence-corrected chi connectivity index (χ4v) is 3.95. The Labute approximate surface area is 164 Å². The molecule has 3 atom stereocenters. The van der Waals surface area contributed by atoms with E-state index in [2.05, 4.69) is 21.5 Å². The minimum atomic E-state index is -0.802. The van der Waals surface area contributed by atoms with Gasteiger partial charge >= 0.3 is 0 Å². The van der Waals surface area contributed by atoms with Crippen LogP contribution >= 0.6 is 0 Å². The Morgan fingerprint density at radius 2 is 2.07 bits per heavy atom. The Hall–Kier alpha value is -2.20. The first-order chi connectivity index (χ1) is 13.6. The molecule has 4 rings (SSSR count). The van der Waals surface area contributed by atoms with E-state index in [9.17, 15) is 8.78 Å². The van der Waals surface area contributed by atoms with Gasteiger partial charge in [-0.25, -0.2) is 8.78 Å². The van der Waals surface area contributed by atoms with E-state index < -0.39 is 11.6 Å². The highest BCUT2D eigenvalue weighted by Gasteiger charge is 2.38. The Bertz CT molecular complexity index is 854. The summed E-state index contributed by atoms with van der Waals surface area (Å²) in [7, 11) is 0. The number of furan rings is 1. The number of terminal acetylenes is 1. The van der Waals surface area contributed by atoms with Crippen LogP contribution in [0.2, 0.25) is 0 Å². The third-order valence-corrected chi connectivity index (χ3v) is 5.62. The molecule has 0 bridgehead atoms. The van der Waals surface area contributed by atoms with E-state index in [0.29, 0.717) is 25.7 Å². The monoisotopic (exact) mass is 385 g/mol. The van der Waals surface area contributed by atoms with Gasteiger partial charge < -0.3 is 15.1 Å². The molecule has 1 aromatic carbocycles. The number of nitrogens with zero attached hydrogens (tertiary/aromatic N) is 1. The van der Waals surface area contributed by atoms with Gasteiger partial charge in [0.1, 0.15) is 11.5 Å². The average molecular weight is 385 g/mol. The third kappa shape index (κ3) is 4.44. The van der Waals surface area contributed by atoms with Crippen molar-refractivity contribution in [2.45, 2.75) is 43.9 Å². The summed E-state index contributed by atoms with van der Waals surface area (Å²) in [4.78, 5) is 2.27. The first-order valence-corrected chi connectivity index (χ1v) is 9.78. The van der Waals surface area contributed by atoms with Crippen LogP contribution in [0, 0.1) is 24.0 Å². The summed E-state index contributed by atoms with van der Waals surface area (Å²) in [5.74, 6) is 3.16. The lowest BCUT2D eigenvalue weighted by molar-refractivity contribution is 0.206. The second-order valence-corrected chi connectivity index (χ2v) is 7.63. The highest BCUT2D eigenvalue weighted by Crippen LogP contribution is 2.41. The summed E-state index contributed by atoms with van der Waals surface area (Å²) < 4.78 is 32.4. The maximum atomic E-state index is 13.4. The van der Waals surface area contributed by atoms with Crippen molar-refractivity contribution in [3.8, 4) is 12.3 Å². The number of halogens is 2. The molecule has 28 heavy (non-hydrogen) atoms. The van der Waals surface area contributed by atoms with Gasteiger partial charge in [0.05, 0.1) is 19.6 Å². The molecule has 2 aliphatic rings. The third-order valence-electron chi connectivity index (χ3n) is 5.62. The molecule has 2 heterocycles. The molecule has 2 aromatic rings. The van der Waals surface area contributed by atoms with Crippen molar-refractivity contribution in [2.24, 2.45) is 0 Å². The number of benzene rings is 1. The van der Waals surface area contributed by atoms with Gasteiger partial charge in [0.2, 0.25) is 0 Å². The smallest absolute Gasteiger partial charge is 0.159 e. The molecule has 1 saturated carbocycles. The maximum absolute atomic E-state index is 13.4. The zero-order valence-electron chi connectivity index (χ0n) is 15.8. The first-order valence-electron chi connectivity index (χ1n) is 9.78. The lowest BCUT2D eigenvalue weighted by atomic mass is 10.1. The zero-order chi connectivity index (χ0) is 19.5. The molecule has 1 aliphatic carbocycles. The van der Waals surface area contributed by atoms with E-state index in [1.807, 2.05) is 12.1 Å². The van der Waals surface area contributed by atoms with Gasteiger partial charge in [-0.2, -0.15) is 0 Å². The molecule has 2 N–H and O–H groups in total. The highest BCUT2D eigenvalue weighted by atomic mass is 19.2. The Balaban J connectivity index is 1.28. The van der Waals surface area contributed by atoms with E-state index >= 15 is 0 Å². The molecule has 1 aromatic heterocycles. The Morgan fingerprint density at radius 1 is 1.21 bits per heavy atom. The maximum Gasteiger partial charge on any atom is 0.159 e. The van der Waals surface area contributed by atoms with Gasteiger partial charge in [-0.3, -0.25) is 4.90 Å². The summed E-state index contributed by atoms with van der Waals surface area (Å²) in [6, 6.07) is 8.85. The standard InChI is InChI=1S/C22H25F2N3O/c1-2-9-27(16-7-8-25-12-16)14-18-5-4-17(28-18)13-26-22-11-19(22)15-3-6-20(23)21(24)10-15/h1,3-6,10,16,19,22,25-26H,7-9,11-14H2/t16?,19-,22+/m0/s1. The molecule has 0 amide bonds. The van der Waals surface area contributed by atoms with Crippen molar-refractivity contribution in [1.82, 2.24) is 15.5 Å². The Kier molecular flexibility index (Phi) is 5.77. The summed E-state index contributed by atoms with van der Waals surface area (Å²) in [5, 5.41) is 6.81.